The summed E-state index contributed by atoms with van der Waals surface area (Å²) in [7, 11) is -4.67. The van der Waals surface area contributed by atoms with Gasteiger partial charge < -0.3 is 11.3 Å². The van der Waals surface area contributed by atoms with E-state index in [2.05, 4.69) is 0 Å². The van der Waals surface area contributed by atoms with E-state index in [9.17, 15) is 9.59 Å². The van der Waals surface area contributed by atoms with Crippen molar-refractivity contribution >= 4 is 22.3 Å². The molecule has 10 heteroatoms. The molecule has 0 heterocycles. The van der Waals surface area contributed by atoms with E-state index in [1.807, 2.05) is 0 Å². The first-order valence-corrected chi connectivity index (χ1v) is 6.09. The van der Waals surface area contributed by atoms with E-state index in [0.717, 1.165) is 0 Å². The number of hydrogen-bond acceptors (Lipinski definition) is 5. The van der Waals surface area contributed by atoms with Crippen molar-refractivity contribution in [3.8, 4) is 0 Å². The Bertz CT molecular complexity index is 337. The first kappa shape index (κ1) is 22.9. The van der Waals surface area contributed by atoms with E-state index in [1.165, 1.54) is 0 Å². The van der Waals surface area contributed by atoms with Gasteiger partial charge in [-0.2, -0.15) is 8.42 Å². The van der Waals surface area contributed by atoms with Crippen molar-refractivity contribution in [3.05, 3.63) is 0 Å². The third kappa shape index (κ3) is 21.1. The molecule has 0 aliphatic carbocycles. The molecule has 0 aromatic heterocycles. The van der Waals surface area contributed by atoms with E-state index in [4.69, 9.17) is 27.4 Å². The molecule has 0 amide bonds. The molecule has 1 atom stereocenters. The topological polar surface area (TPSA) is 138 Å². The third-order valence-corrected chi connectivity index (χ3v) is 1.53. The van der Waals surface area contributed by atoms with E-state index in [0.29, 0.717) is 13.0 Å². The summed E-state index contributed by atoms with van der Waals surface area (Å²) in [5, 5.41) is 8.42. The van der Waals surface area contributed by atoms with E-state index >= 15 is 0 Å². The SMILES string of the molecule is CCOC(=O)C(CC)CC(=O)O.O=S(=O)(O)O.[H-].[Na+]. The number of carboxylic acids is 1. The van der Waals surface area contributed by atoms with Gasteiger partial charge in [0, 0.05) is 0 Å². The number of ether oxygens (including phenoxy) is 1. The molecule has 18 heavy (non-hydrogen) atoms. The first-order chi connectivity index (χ1) is 7.61. The van der Waals surface area contributed by atoms with Gasteiger partial charge in [0.1, 0.15) is 0 Å². The fourth-order valence-electron chi connectivity index (χ4n) is 0.865. The number of aliphatic carboxylic acids is 1. The monoisotopic (exact) mass is 296 g/mol. The molecule has 0 aliphatic rings. The standard InChI is InChI=1S/C8H14O4.Na.H2O4S.H/c1-3-6(5-7(9)10)8(11)12-4-2;;1-5(2,3)4;/h6H,3-5H2,1-2H3,(H,9,10);;(H2,1,2,3,4);/q;+1;;-1. The van der Waals surface area contributed by atoms with Gasteiger partial charge in [0.2, 0.25) is 0 Å². The van der Waals surface area contributed by atoms with Gasteiger partial charge in [-0.3, -0.25) is 18.7 Å². The van der Waals surface area contributed by atoms with Crippen molar-refractivity contribution in [1.82, 2.24) is 0 Å². The second kappa shape index (κ2) is 11.9. The summed E-state index contributed by atoms with van der Waals surface area (Å²) >= 11 is 0. The molecule has 0 aliphatic heterocycles. The number of carboxylic acid groups (broad SMARTS) is 1. The van der Waals surface area contributed by atoms with Crippen LogP contribution in [0.3, 0.4) is 0 Å². The Hall–Kier alpha value is -0.190. The first-order valence-electron chi connectivity index (χ1n) is 4.70. The summed E-state index contributed by atoms with van der Waals surface area (Å²) in [5.41, 5.74) is 0. The van der Waals surface area contributed by atoms with Crippen LogP contribution in [0.2, 0.25) is 0 Å². The number of rotatable bonds is 5. The molecule has 1 unspecified atom stereocenters. The Morgan fingerprint density at radius 2 is 1.67 bits per heavy atom. The average Bonchev–Trinajstić information content (AvgIpc) is 2.11. The molecular formula is C8H17NaO8S. The predicted octanol–water partition coefficient (Wildman–Crippen LogP) is -2.49. The summed E-state index contributed by atoms with van der Waals surface area (Å²) in [6.07, 6.45) is 0.362. The minimum absolute atomic E-state index is 0. The van der Waals surface area contributed by atoms with E-state index in [1.54, 1.807) is 13.8 Å². The molecule has 0 fully saturated rings. The summed E-state index contributed by atoms with van der Waals surface area (Å²) < 4.78 is 36.3. The Morgan fingerprint density at radius 1 is 1.28 bits per heavy atom. The molecule has 0 saturated heterocycles. The predicted molar refractivity (Wildman–Crippen MR) is 58.0 cm³/mol. The smallest absolute Gasteiger partial charge is 1.00 e. The van der Waals surface area contributed by atoms with Gasteiger partial charge in [0.25, 0.3) is 0 Å². The van der Waals surface area contributed by atoms with Crippen molar-refractivity contribution in [3.63, 3.8) is 0 Å². The molecule has 0 aromatic carbocycles. The maximum Gasteiger partial charge on any atom is 1.00 e. The molecular weight excluding hydrogens is 279 g/mol. The number of carbonyl (C=O) groups is 2. The minimum atomic E-state index is -4.67. The van der Waals surface area contributed by atoms with Crippen molar-refractivity contribution in [2.45, 2.75) is 26.7 Å². The van der Waals surface area contributed by atoms with Crippen molar-refractivity contribution in [2.75, 3.05) is 6.61 Å². The fourth-order valence-corrected chi connectivity index (χ4v) is 0.865. The van der Waals surface area contributed by atoms with Gasteiger partial charge in [-0.1, -0.05) is 6.92 Å². The van der Waals surface area contributed by atoms with Gasteiger partial charge in [0.05, 0.1) is 18.9 Å². The Morgan fingerprint density at radius 3 is 1.89 bits per heavy atom. The Labute approximate surface area is 129 Å². The molecule has 0 spiro atoms. The van der Waals surface area contributed by atoms with Gasteiger partial charge in [-0.05, 0) is 13.3 Å². The molecule has 8 nitrogen and oxygen atoms in total. The summed E-state index contributed by atoms with van der Waals surface area (Å²) in [5.74, 6) is -1.88. The molecule has 3 N–H and O–H groups in total. The van der Waals surface area contributed by atoms with Gasteiger partial charge in [-0.25, -0.2) is 0 Å². The van der Waals surface area contributed by atoms with Crippen LogP contribution in [0, 0.1) is 5.92 Å². The molecule has 104 valence electrons. The van der Waals surface area contributed by atoms with Crippen LogP contribution in [-0.2, 0) is 24.7 Å². The van der Waals surface area contributed by atoms with E-state index in [-0.39, 0.29) is 37.4 Å². The molecule has 0 aromatic rings. The second-order valence-electron chi connectivity index (χ2n) is 2.90. The number of esters is 1. The maximum atomic E-state index is 11.0. The number of carbonyl (C=O) groups excluding carboxylic acids is 1. The van der Waals surface area contributed by atoms with Crippen LogP contribution in [0.4, 0.5) is 0 Å². The van der Waals surface area contributed by atoms with Crippen LogP contribution >= 0.6 is 0 Å². The maximum absolute atomic E-state index is 11.0. The van der Waals surface area contributed by atoms with Crippen LogP contribution in [0.5, 0.6) is 0 Å². The van der Waals surface area contributed by atoms with Crippen LogP contribution in [0.25, 0.3) is 0 Å². The second-order valence-corrected chi connectivity index (χ2v) is 3.80. The molecule has 0 bridgehead atoms. The normalized spacial score (nSPS) is 11.3. The van der Waals surface area contributed by atoms with Crippen LogP contribution in [0.15, 0.2) is 0 Å². The average molecular weight is 296 g/mol. The summed E-state index contributed by atoms with van der Waals surface area (Å²) in [6.45, 7) is 3.77. The van der Waals surface area contributed by atoms with Gasteiger partial charge in [-0.15, -0.1) is 0 Å². The van der Waals surface area contributed by atoms with Crippen molar-refractivity contribution in [2.24, 2.45) is 5.92 Å². The molecule has 0 saturated carbocycles. The Kier molecular flexibility index (Phi) is 15.1. The van der Waals surface area contributed by atoms with Crippen molar-refractivity contribution < 1.29 is 67.9 Å². The summed E-state index contributed by atoms with van der Waals surface area (Å²) in [6, 6.07) is 0. The third-order valence-electron chi connectivity index (χ3n) is 1.53. The van der Waals surface area contributed by atoms with Crippen molar-refractivity contribution in [1.29, 1.82) is 0 Å². The van der Waals surface area contributed by atoms with Crippen LogP contribution < -0.4 is 29.6 Å². The van der Waals surface area contributed by atoms with Gasteiger partial charge >= 0.3 is 51.9 Å². The molecule has 0 rings (SSSR count). The molecule has 0 radical (unpaired) electrons. The van der Waals surface area contributed by atoms with E-state index < -0.39 is 28.3 Å². The zero-order valence-corrected chi connectivity index (χ0v) is 13.3. The van der Waals surface area contributed by atoms with Gasteiger partial charge in [0.15, 0.2) is 0 Å². The summed E-state index contributed by atoms with van der Waals surface area (Å²) in [4.78, 5) is 21.3. The fraction of sp³-hybridized carbons (Fsp3) is 0.750. The Balaban J connectivity index is -0.000000139. The minimum Gasteiger partial charge on any atom is -1.00 e. The zero-order chi connectivity index (χ0) is 14.1. The van der Waals surface area contributed by atoms with Crippen LogP contribution in [0.1, 0.15) is 28.1 Å². The largest absolute Gasteiger partial charge is 1.00 e. The zero-order valence-electron chi connectivity index (χ0n) is 11.5. The number of hydrogen-bond donors (Lipinski definition) is 3. The quantitative estimate of drug-likeness (QED) is 0.288. The van der Waals surface area contributed by atoms with Crippen LogP contribution in [-0.4, -0.2) is 41.2 Å².